The fraction of sp³-hybridized carbons (Fsp3) is 0.0952. The molecule has 1 aliphatic rings. The van der Waals surface area contributed by atoms with E-state index >= 15 is 0 Å². The number of allylic oxidation sites excluding steroid dienone is 1. The van der Waals surface area contributed by atoms with Crippen LogP contribution in [-0.4, -0.2) is 17.1 Å². The van der Waals surface area contributed by atoms with Gasteiger partial charge in [0.25, 0.3) is 5.91 Å². The Labute approximate surface area is 171 Å². The van der Waals surface area contributed by atoms with Crippen molar-refractivity contribution in [2.75, 3.05) is 5.32 Å². The van der Waals surface area contributed by atoms with Gasteiger partial charge >= 0.3 is 0 Å². The van der Waals surface area contributed by atoms with Crippen molar-refractivity contribution >= 4 is 46.0 Å². The minimum atomic E-state index is -0.0653. The number of carbonyl (C=O) groups excluding carboxylic acids is 1. The molecule has 1 amide bonds. The summed E-state index contributed by atoms with van der Waals surface area (Å²) >= 11 is 3.17. The highest BCUT2D eigenvalue weighted by atomic mass is 32.2. The van der Waals surface area contributed by atoms with E-state index < -0.39 is 0 Å². The number of hydrogen-bond acceptors (Lipinski definition) is 6. The SMILES string of the molecule is Cc1c(Cc2cnc(N=CC=CN)s2)ccc2c1NC(=O)c1ccccc1S2. The second-order valence-electron chi connectivity index (χ2n) is 6.22. The first-order valence-electron chi connectivity index (χ1n) is 8.72. The summed E-state index contributed by atoms with van der Waals surface area (Å²) in [6, 6.07) is 11.9. The van der Waals surface area contributed by atoms with Gasteiger partial charge in [-0.25, -0.2) is 9.98 Å². The van der Waals surface area contributed by atoms with Crippen LogP contribution in [0.2, 0.25) is 0 Å². The molecule has 2 aromatic carbocycles. The van der Waals surface area contributed by atoms with E-state index in [1.807, 2.05) is 30.5 Å². The average Bonchev–Trinajstić information content (AvgIpc) is 3.08. The number of rotatable bonds is 4. The molecule has 0 atom stereocenters. The van der Waals surface area contributed by atoms with Gasteiger partial charge in [0.2, 0.25) is 5.13 Å². The number of hydrogen-bond donors (Lipinski definition) is 2. The molecule has 0 bridgehead atoms. The van der Waals surface area contributed by atoms with Crippen molar-refractivity contribution in [3.8, 4) is 0 Å². The Bertz CT molecular complexity index is 1100. The highest BCUT2D eigenvalue weighted by Gasteiger charge is 2.22. The Morgan fingerprint density at radius 2 is 2.07 bits per heavy atom. The molecule has 0 fully saturated rings. The van der Waals surface area contributed by atoms with Gasteiger partial charge in [0.1, 0.15) is 0 Å². The molecule has 0 spiro atoms. The summed E-state index contributed by atoms with van der Waals surface area (Å²) in [4.78, 5) is 24.4. The Morgan fingerprint density at radius 3 is 2.93 bits per heavy atom. The summed E-state index contributed by atoms with van der Waals surface area (Å²) in [5.74, 6) is -0.0653. The van der Waals surface area contributed by atoms with Gasteiger partial charge in [0, 0.05) is 33.5 Å². The van der Waals surface area contributed by atoms with Crippen molar-refractivity contribution in [3.05, 3.63) is 76.4 Å². The van der Waals surface area contributed by atoms with Crippen LogP contribution in [0.3, 0.4) is 0 Å². The summed E-state index contributed by atoms with van der Waals surface area (Å²) < 4.78 is 0. The summed E-state index contributed by atoms with van der Waals surface area (Å²) in [5, 5.41) is 3.79. The molecular formula is C21H18N4OS2. The topological polar surface area (TPSA) is 80.4 Å². The number of thiazole rings is 1. The van der Waals surface area contributed by atoms with Crippen LogP contribution in [0.25, 0.3) is 0 Å². The molecule has 4 rings (SSSR count). The third-order valence-corrected chi connectivity index (χ3v) is 6.46. The van der Waals surface area contributed by atoms with E-state index in [9.17, 15) is 4.79 Å². The molecule has 2 heterocycles. The van der Waals surface area contributed by atoms with Crippen molar-refractivity contribution in [1.29, 1.82) is 0 Å². The highest BCUT2D eigenvalue weighted by molar-refractivity contribution is 7.99. The maximum absolute atomic E-state index is 12.7. The number of aromatic nitrogens is 1. The molecule has 0 unspecified atom stereocenters. The number of nitrogens with zero attached hydrogens (tertiary/aromatic N) is 2. The Balaban J connectivity index is 1.62. The minimum Gasteiger partial charge on any atom is -0.405 e. The highest BCUT2D eigenvalue weighted by Crippen LogP contribution is 2.41. The Morgan fingerprint density at radius 1 is 1.21 bits per heavy atom. The predicted octanol–water partition coefficient (Wildman–Crippen LogP) is 4.93. The second kappa shape index (κ2) is 8.00. The van der Waals surface area contributed by atoms with Gasteiger partial charge in [-0.3, -0.25) is 4.79 Å². The monoisotopic (exact) mass is 406 g/mol. The zero-order chi connectivity index (χ0) is 19.5. The van der Waals surface area contributed by atoms with Crippen LogP contribution in [0.5, 0.6) is 0 Å². The summed E-state index contributed by atoms with van der Waals surface area (Å²) in [7, 11) is 0. The van der Waals surface area contributed by atoms with Crippen LogP contribution < -0.4 is 11.1 Å². The quantitative estimate of drug-likeness (QED) is 0.602. The standard InChI is InChI=1S/C21H18N4OS2/c1-13-14(11-15-12-24-21(27-15)23-10-4-9-22)7-8-18-19(13)25-20(26)16-5-2-3-6-17(16)28-18/h2-10,12H,11,22H2,1H3,(H,25,26). The normalized spacial score (nSPS) is 13.4. The van der Waals surface area contributed by atoms with Gasteiger partial charge < -0.3 is 11.1 Å². The van der Waals surface area contributed by atoms with Gasteiger partial charge in [-0.1, -0.05) is 41.3 Å². The zero-order valence-electron chi connectivity index (χ0n) is 15.2. The van der Waals surface area contributed by atoms with Gasteiger partial charge in [0.05, 0.1) is 11.3 Å². The van der Waals surface area contributed by atoms with Crippen LogP contribution in [0.4, 0.5) is 10.8 Å². The van der Waals surface area contributed by atoms with Crippen molar-refractivity contribution < 1.29 is 4.79 Å². The van der Waals surface area contributed by atoms with E-state index in [1.165, 1.54) is 6.20 Å². The van der Waals surface area contributed by atoms with Crippen LogP contribution in [0.15, 0.2) is 69.7 Å². The number of benzene rings is 2. The molecule has 0 saturated carbocycles. The maximum Gasteiger partial charge on any atom is 0.256 e. The van der Waals surface area contributed by atoms with Crippen molar-refractivity contribution in [3.63, 3.8) is 0 Å². The van der Waals surface area contributed by atoms with Crippen LogP contribution in [0.1, 0.15) is 26.4 Å². The molecule has 0 saturated heterocycles. The summed E-state index contributed by atoms with van der Waals surface area (Å²) in [6.07, 6.45) is 7.31. The smallest absolute Gasteiger partial charge is 0.256 e. The number of nitrogens with two attached hydrogens (primary N) is 1. The van der Waals surface area contributed by atoms with Crippen LogP contribution in [0, 0.1) is 6.92 Å². The molecule has 0 aliphatic carbocycles. The van der Waals surface area contributed by atoms with Crippen LogP contribution in [-0.2, 0) is 6.42 Å². The molecule has 7 heteroatoms. The van der Waals surface area contributed by atoms with Gasteiger partial charge in [-0.2, -0.15) is 0 Å². The first-order chi connectivity index (χ1) is 13.7. The number of aliphatic imine (C=N–C) groups is 1. The average molecular weight is 407 g/mol. The molecule has 1 aromatic heterocycles. The van der Waals surface area contributed by atoms with Crippen molar-refractivity contribution in [1.82, 2.24) is 4.98 Å². The summed E-state index contributed by atoms with van der Waals surface area (Å²) in [6.45, 7) is 2.05. The molecule has 5 nitrogen and oxygen atoms in total. The predicted molar refractivity (Wildman–Crippen MR) is 116 cm³/mol. The largest absolute Gasteiger partial charge is 0.405 e. The van der Waals surface area contributed by atoms with Crippen LogP contribution >= 0.6 is 23.1 Å². The van der Waals surface area contributed by atoms with Crippen molar-refractivity contribution in [2.24, 2.45) is 10.7 Å². The third-order valence-electron chi connectivity index (χ3n) is 4.42. The van der Waals surface area contributed by atoms with Gasteiger partial charge in [-0.05, 0) is 48.5 Å². The fourth-order valence-corrected chi connectivity index (χ4v) is 4.87. The molecular weight excluding hydrogens is 388 g/mol. The lowest BCUT2D eigenvalue weighted by Gasteiger charge is -2.14. The molecule has 1 aliphatic heterocycles. The van der Waals surface area contributed by atoms with Crippen molar-refractivity contribution in [2.45, 2.75) is 23.1 Å². The van der Waals surface area contributed by atoms with E-state index in [0.29, 0.717) is 10.7 Å². The second-order valence-corrected chi connectivity index (χ2v) is 8.40. The molecule has 140 valence electrons. The molecule has 0 radical (unpaired) electrons. The van der Waals surface area contributed by atoms with E-state index in [4.69, 9.17) is 5.73 Å². The number of nitrogens with one attached hydrogen (secondary N) is 1. The number of carbonyl (C=O) groups is 1. The lowest BCUT2D eigenvalue weighted by Crippen LogP contribution is -2.13. The minimum absolute atomic E-state index is 0.0653. The first kappa shape index (κ1) is 18.5. The maximum atomic E-state index is 12.7. The number of fused-ring (bicyclic) bond motifs is 2. The third kappa shape index (κ3) is 3.72. The number of anilines is 1. The fourth-order valence-electron chi connectivity index (χ4n) is 2.99. The number of amides is 1. The first-order valence-corrected chi connectivity index (χ1v) is 10.4. The Hall–Kier alpha value is -2.90. The van der Waals surface area contributed by atoms with Gasteiger partial charge in [0.15, 0.2) is 0 Å². The summed E-state index contributed by atoms with van der Waals surface area (Å²) in [5.41, 5.74) is 9.14. The zero-order valence-corrected chi connectivity index (χ0v) is 16.8. The lowest BCUT2D eigenvalue weighted by atomic mass is 10.0. The van der Waals surface area contributed by atoms with E-state index in [0.717, 1.165) is 37.9 Å². The van der Waals surface area contributed by atoms with Gasteiger partial charge in [-0.15, -0.1) is 0 Å². The molecule has 3 aromatic rings. The Kier molecular flexibility index (Phi) is 5.27. The van der Waals surface area contributed by atoms with E-state index in [1.54, 1.807) is 35.4 Å². The van der Waals surface area contributed by atoms with E-state index in [-0.39, 0.29) is 5.91 Å². The van der Waals surface area contributed by atoms with E-state index in [2.05, 4.69) is 34.3 Å². The lowest BCUT2D eigenvalue weighted by molar-refractivity contribution is 0.102. The molecule has 28 heavy (non-hydrogen) atoms. The molecule has 3 N–H and O–H groups in total.